The fourth-order valence-electron chi connectivity index (χ4n) is 2.44. The molecule has 1 N–H and O–H groups in total. The van der Waals surface area contributed by atoms with Crippen molar-refractivity contribution in [2.45, 2.75) is 27.2 Å². The minimum atomic E-state index is -0.770. The number of amides is 2. The van der Waals surface area contributed by atoms with Crippen LogP contribution in [0.15, 0.2) is 0 Å². The second-order valence-electron chi connectivity index (χ2n) is 6.67. The summed E-state index contributed by atoms with van der Waals surface area (Å²) < 4.78 is 0. The third-order valence-corrected chi connectivity index (χ3v) is 3.32. The summed E-state index contributed by atoms with van der Waals surface area (Å²) in [6.45, 7) is 10.5. The van der Waals surface area contributed by atoms with Crippen LogP contribution < -0.4 is 0 Å². The van der Waals surface area contributed by atoms with E-state index >= 15 is 0 Å². The Morgan fingerprint density at radius 3 is 2.15 bits per heavy atom. The van der Waals surface area contributed by atoms with Gasteiger partial charge in [0.2, 0.25) is 0 Å². The number of urea groups is 1. The van der Waals surface area contributed by atoms with E-state index in [9.17, 15) is 9.59 Å². The predicted molar refractivity (Wildman–Crippen MR) is 77.7 cm³/mol. The highest BCUT2D eigenvalue weighted by molar-refractivity contribution is 5.74. The molecule has 0 unspecified atom stereocenters. The summed E-state index contributed by atoms with van der Waals surface area (Å²) in [4.78, 5) is 28.5. The Kier molecular flexibility index (Phi) is 5.80. The molecule has 1 aliphatic heterocycles. The van der Waals surface area contributed by atoms with Crippen LogP contribution in [0.1, 0.15) is 27.2 Å². The van der Waals surface area contributed by atoms with Crippen LogP contribution in [0.5, 0.6) is 0 Å². The molecule has 1 saturated heterocycles. The van der Waals surface area contributed by atoms with Crippen LogP contribution in [-0.4, -0.2) is 78.1 Å². The lowest BCUT2D eigenvalue weighted by Gasteiger charge is -2.37. The molecule has 0 atom stereocenters. The van der Waals surface area contributed by atoms with Crippen LogP contribution in [0, 0.1) is 5.41 Å². The minimum absolute atomic E-state index is 0.0674. The van der Waals surface area contributed by atoms with Gasteiger partial charge in [-0.3, -0.25) is 9.69 Å². The number of piperazine rings is 1. The van der Waals surface area contributed by atoms with Crippen LogP contribution in [0.3, 0.4) is 0 Å². The first kappa shape index (κ1) is 16.8. The predicted octanol–water partition coefficient (Wildman–Crippen LogP) is 1.18. The van der Waals surface area contributed by atoms with Crippen molar-refractivity contribution >= 4 is 12.0 Å². The molecule has 0 aliphatic carbocycles. The number of nitrogens with zero attached hydrogens (tertiary/aromatic N) is 3. The molecular formula is C14H27N3O3. The first-order chi connectivity index (χ1) is 9.19. The number of carboxylic acids is 1. The number of hydrogen-bond acceptors (Lipinski definition) is 3. The maximum Gasteiger partial charge on any atom is 0.319 e. The Balaban J connectivity index is 2.37. The number of aliphatic carboxylic acids is 1. The molecule has 1 aliphatic rings. The second-order valence-corrected chi connectivity index (χ2v) is 6.67. The number of carbonyl (C=O) groups is 2. The van der Waals surface area contributed by atoms with E-state index in [0.29, 0.717) is 19.6 Å². The van der Waals surface area contributed by atoms with Crippen molar-refractivity contribution in [1.82, 2.24) is 14.7 Å². The van der Waals surface area contributed by atoms with E-state index < -0.39 is 5.97 Å². The van der Waals surface area contributed by atoms with Crippen molar-refractivity contribution in [3.8, 4) is 0 Å². The number of carbonyl (C=O) groups excluding carboxylic acids is 1. The normalized spacial score (nSPS) is 17.1. The third-order valence-electron chi connectivity index (χ3n) is 3.32. The Hall–Kier alpha value is -1.30. The third kappa shape index (κ3) is 5.77. The van der Waals surface area contributed by atoms with E-state index in [1.54, 1.807) is 4.90 Å². The summed E-state index contributed by atoms with van der Waals surface area (Å²) in [5.74, 6) is -0.770. The van der Waals surface area contributed by atoms with Gasteiger partial charge in [0.1, 0.15) is 0 Å². The summed E-state index contributed by atoms with van der Waals surface area (Å²) in [5.41, 5.74) is 0.0910. The van der Waals surface area contributed by atoms with Gasteiger partial charge >= 0.3 is 12.0 Å². The first-order valence-corrected chi connectivity index (χ1v) is 7.13. The molecule has 0 aromatic rings. The molecule has 116 valence electrons. The lowest BCUT2D eigenvalue weighted by Crippen LogP contribution is -2.53. The molecule has 1 fully saturated rings. The smallest absolute Gasteiger partial charge is 0.319 e. The van der Waals surface area contributed by atoms with Crippen molar-refractivity contribution in [2.75, 3.05) is 46.3 Å². The Morgan fingerprint density at radius 2 is 1.70 bits per heavy atom. The van der Waals surface area contributed by atoms with Gasteiger partial charge in [-0.1, -0.05) is 20.8 Å². The maximum atomic E-state index is 12.3. The molecule has 2 amide bonds. The molecule has 0 bridgehead atoms. The number of rotatable bonds is 4. The first-order valence-electron chi connectivity index (χ1n) is 7.13. The standard InChI is InChI=1S/C14H27N3O3/c1-14(2,3)11-15(4)13(20)17-9-7-16(8-10-17)6-5-12(18)19/h5-11H2,1-4H3,(H,18,19). The van der Waals surface area contributed by atoms with Crippen LogP contribution >= 0.6 is 0 Å². The van der Waals surface area contributed by atoms with Gasteiger partial charge < -0.3 is 14.9 Å². The summed E-state index contributed by atoms with van der Waals surface area (Å²) in [7, 11) is 1.84. The fraction of sp³-hybridized carbons (Fsp3) is 0.857. The Labute approximate surface area is 121 Å². The van der Waals surface area contributed by atoms with Crippen molar-refractivity contribution in [1.29, 1.82) is 0 Å². The Morgan fingerprint density at radius 1 is 1.15 bits per heavy atom. The van der Waals surface area contributed by atoms with Crippen molar-refractivity contribution in [2.24, 2.45) is 5.41 Å². The summed E-state index contributed by atoms with van der Waals surface area (Å²) in [6.07, 6.45) is 0.165. The molecule has 0 aromatic heterocycles. The summed E-state index contributed by atoms with van der Waals surface area (Å²) in [5, 5.41) is 8.67. The quantitative estimate of drug-likeness (QED) is 0.842. The van der Waals surface area contributed by atoms with Gasteiger partial charge in [-0.25, -0.2) is 4.79 Å². The van der Waals surface area contributed by atoms with E-state index in [4.69, 9.17) is 5.11 Å². The van der Waals surface area contributed by atoms with E-state index in [2.05, 4.69) is 25.7 Å². The van der Waals surface area contributed by atoms with Gasteiger partial charge in [0.25, 0.3) is 0 Å². The summed E-state index contributed by atoms with van der Waals surface area (Å²) >= 11 is 0. The van der Waals surface area contributed by atoms with Crippen LogP contribution in [-0.2, 0) is 4.79 Å². The van der Waals surface area contributed by atoms with Gasteiger partial charge in [-0.2, -0.15) is 0 Å². The molecule has 0 spiro atoms. The summed E-state index contributed by atoms with van der Waals surface area (Å²) in [6, 6.07) is 0.0674. The van der Waals surface area contributed by atoms with Crippen LogP contribution in [0.2, 0.25) is 0 Å². The number of hydrogen-bond donors (Lipinski definition) is 1. The second kappa shape index (κ2) is 6.92. The largest absolute Gasteiger partial charge is 0.481 e. The molecule has 0 radical (unpaired) electrons. The number of carboxylic acid groups (broad SMARTS) is 1. The SMILES string of the molecule is CN(CC(C)(C)C)C(=O)N1CCN(CCC(=O)O)CC1. The van der Waals surface area contributed by atoms with E-state index in [1.165, 1.54) is 0 Å². The zero-order valence-corrected chi connectivity index (χ0v) is 13.1. The average molecular weight is 285 g/mol. The van der Waals surface area contributed by atoms with Crippen molar-refractivity contribution < 1.29 is 14.7 Å². The molecule has 1 rings (SSSR count). The average Bonchev–Trinajstić information content (AvgIpc) is 2.34. The fourth-order valence-corrected chi connectivity index (χ4v) is 2.44. The highest BCUT2D eigenvalue weighted by Gasteiger charge is 2.25. The zero-order chi connectivity index (χ0) is 15.3. The van der Waals surface area contributed by atoms with Crippen LogP contribution in [0.4, 0.5) is 4.79 Å². The van der Waals surface area contributed by atoms with Gasteiger partial charge in [0.05, 0.1) is 6.42 Å². The van der Waals surface area contributed by atoms with Gasteiger partial charge in [0, 0.05) is 46.3 Å². The van der Waals surface area contributed by atoms with Gasteiger partial charge in [-0.05, 0) is 5.41 Å². The molecule has 0 saturated carbocycles. The highest BCUT2D eigenvalue weighted by atomic mass is 16.4. The zero-order valence-electron chi connectivity index (χ0n) is 13.1. The molecule has 0 aromatic carbocycles. The van der Waals surface area contributed by atoms with Crippen LogP contribution in [0.25, 0.3) is 0 Å². The monoisotopic (exact) mass is 285 g/mol. The van der Waals surface area contributed by atoms with E-state index in [1.807, 2.05) is 11.9 Å². The molecule has 1 heterocycles. The van der Waals surface area contributed by atoms with Crippen molar-refractivity contribution in [3.63, 3.8) is 0 Å². The topological polar surface area (TPSA) is 64.1 Å². The molecule has 20 heavy (non-hydrogen) atoms. The Bertz CT molecular complexity index is 344. The minimum Gasteiger partial charge on any atom is -0.481 e. The van der Waals surface area contributed by atoms with Gasteiger partial charge in [-0.15, -0.1) is 0 Å². The van der Waals surface area contributed by atoms with Gasteiger partial charge in [0.15, 0.2) is 0 Å². The lowest BCUT2D eigenvalue weighted by atomic mass is 9.96. The maximum absolute atomic E-state index is 12.3. The van der Waals surface area contributed by atoms with Crippen molar-refractivity contribution in [3.05, 3.63) is 0 Å². The molecular weight excluding hydrogens is 258 g/mol. The molecule has 6 heteroatoms. The highest BCUT2D eigenvalue weighted by Crippen LogP contribution is 2.15. The van der Waals surface area contributed by atoms with E-state index in [-0.39, 0.29) is 17.9 Å². The van der Waals surface area contributed by atoms with E-state index in [0.717, 1.165) is 19.6 Å². The lowest BCUT2D eigenvalue weighted by molar-refractivity contribution is -0.137. The molecule has 6 nitrogen and oxygen atoms in total.